The maximum Gasteiger partial charge on any atom is 0.337 e. The second-order valence-electron chi connectivity index (χ2n) is 4.92. The number of thioether (sulfide) groups is 1. The summed E-state index contributed by atoms with van der Waals surface area (Å²) in [4.78, 5) is 23.4. The smallest absolute Gasteiger partial charge is 0.337 e. The van der Waals surface area contributed by atoms with Gasteiger partial charge >= 0.3 is 5.97 Å². The summed E-state index contributed by atoms with van der Waals surface area (Å²) < 4.78 is 0. The molecule has 2 aromatic carbocycles. The Labute approximate surface area is 143 Å². The van der Waals surface area contributed by atoms with Crippen LogP contribution in [0.5, 0.6) is 0 Å². The topological polar surface area (TPSA) is 66.4 Å². The normalized spacial score (nSPS) is 11.7. The van der Waals surface area contributed by atoms with Crippen molar-refractivity contribution in [3.05, 3.63) is 64.7 Å². The fraction of sp³-hybridized carbons (Fsp3) is 0.176. The highest BCUT2D eigenvalue weighted by molar-refractivity contribution is 7.99. The van der Waals surface area contributed by atoms with Crippen LogP contribution in [0.3, 0.4) is 0 Å². The largest absolute Gasteiger partial charge is 0.478 e. The first kappa shape index (κ1) is 17.4. The Balaban J connectivity index is 2.01. The van der Waals surface area contributed by atoms with E-state index >= 15 is 0 Å². The Kier molecular flexibility index (Phi) is 6.07. The summed E-state index contributed by atoms with van der Waals surface area (Å²) in [5.74, 6) is -0.659. The molecule has 0 aliphatic carbocycles. The number of nitrogens with one attached hydrogen (secondary N) is 1. The molecule has 0 saturated heterocycles. The number of carboxylic acid groups (broad SMARTS) is 1. The van der Waals surface area contributed by atoms with Crippen LogP contribution in [-0.2, 0) is 10.5 Å². The number of hydrogen-bond donors (Lipinski definition) is 2. The Hall–Kier alpha value is -1.98. The molecule has 1 unspecified atom stereocenters. The summed E-state index contributed by atoms with van der Waals surface area (Å²) in [6.07, 6.45) is 0. The van der Waals surface area contributed by atoms with E-state index in [9.17, 15) is 9.59 Å². The Morgan fingerprint density at radius 3 is 2.57 bits per heavy atom. The van der Waals surface area contributed by atoms with Crippen LogP contribution in [0.15, 0.2) is 48.5 Å². The molecular weight excluding hydrogens is 334 g/mol. The third kappa shape index (κ3) is 5.01. The van der Waals surface area contributed by atoms with Crippen LogP contribution in [0.1, 0.15) is 22.8 Å². The summed E-state index contributed by atoms with van der Waals surface area (Å²) in [5.41, 5.74) is 1.36. The number of hydrogen-bond acceptors (Lipinski definition) is 3. The minimum atomic E-state index is -1.11. The van der Waals surface area contributed by atoms with Crippen molar-refractivity contribution in [3.63, 3.8) is 0 Å². The average Bonchev–Trinajstić information content (AvgIpc) is 2.53. The molecule has 23 heavy (non-hydrogen) atoms. The zero-order valence-corrected chi connectivity index (χ0v) is 14.0. The van der Waals surface area contributed by atoms with E-state index in [2.05, 4.69) is 5.32 Å². The number of rotatable bonds is 6. The zero-order valence-electron chi connectivity index (χ0n) is 12.5. The van der Waals surface area contributed by atoms with Gasteiger partial charge in [0.15, 0.2) is 0 Å². The Morgan fingerprint density at radius 1 is 1.22 bits per heavy atom. The van der Waals surface area contributed by atoms with Crippen molar-refractivity contribution in [1.82, 2.24) is 0 Å². The molecule has 0 aromatic heterocycles. The second kappa shape index (κ2) is 8.04. The van der Waals surface area contributed by atoms with Crippen LogP contribution < -0.4 is 5.32 Å². The molecule has 0 fully saturated rings. The maximum absolute atomic E-state index is 12.3. The fourth-order valence-corrected chi connectivity index (χ4v) is 2.93. The van der Waals surface area contributed by atoms with Gasteiger partial charge in [0.25, 0.3) is 0 Å². The third-order valence-electron chi connectivity index (χ3n) is 3.18. The van der Waals surface area contributed by atoms with Gasteiger partial charge in [-0.05, 0) is 30.7 Å². The van der Waals surface area contributed by atoms with Gasteiger partial charge in [-0.25, -0.2) is 4.79 Å². The van der Waals surface area contributed by atoms with Crippen molar-refractivity contribution in [3.8, 4) is 0 Å². The highest BCUT2D eigenvalue weighted by atomic mass is 35.5. The molecule has 0 aliphatic rings. The minimum Gasteiger partial charge on any atom is -0.478 e. The standard InChI is InChI=1S/C17H16ClNO3S/c1-11(23-10-12-5-3-2-4-6-12)16(20)19-15-9-13(18)7-8-14(15)17(21)22/h2-9,11H,10H2,1H3,(H,19,20)(H,21,22). The van der Waals surface area contributed by atoms with E-state index in [0.717, 1.165) is 5.56 Å². The predicted octanol–water partition coefficient (Wildman–Crippen LogP) is 4.30. The van der Waals surface area contributed by atoms with E-state index in [4.69, 9.17) is 16.7 Å². The Bertz CT molecular complexity index is 706. The second-order valence-corrected chi connectivity index (χ2v) is 6.69. The summed E-state index contributed by atoms with van der Waals surface area (Å²) >= 11 is 7.36. The number of carbonyl (C=O) groups is 2. The highest BCUT2D eigenvalue weighted by Gasteiger charge is 2.17. The van der Waals surface area contributed by atoms with Crippen molar-refractivity contribution in [2.75, 3.05) is 5.32 Å². The molecule has 1 amide bonds. The maximum atomic E-state index is 12.3. The van der Waals surface area contributed by atoms with E-state index < -0.39 is 5.97 Å². The van der Waals surface area contributed by atoms with Crippen molar-refractivity contribution in [2.45, 2.75) is 17.9 Å². The van der Waals surface area contributed by atoms with Gasteiger partial charge in [-0.2, -0.15) is 0 Å². The number of amides is 1. The van der Waals surface area contributed by atoms with Gasteiger partial charge in [-0.15, -0.1) is 11.8 Å². The van der Waals surface area contributed by atoms with E-state index in [1.54, 1.807) is 6.92 Å². The third-order valence-corrected chi connectivity index (χ3v) is 4.63. The van der Waals surface area contributed by atoms with Crippen molar-refractivity contribution in [2.24, 2.45) is 0 Å². The van der Waals surface area contributed by atoms with Gasteiger partial charge in [-0.1, -0.05) is 41.9 Å². The summed E-state index contributed by atoms with van der Waals surface area (Å²) in [7, 11) is 0. The first-order chi connectivity index (χ1) is 11.0. The first-order valence-corrected chi connectivity index (χ1v) is 8.39. The molecule has 2 rings (SSSR count). The lowest BCUT2D eigenvalue weighted by atomic mass is 10.1. The molecule has 2 N–H and O–H groups in total. The molecular formula is C17H16ClNO3S. The fourth-order valence-electron chi connectivity index (χ4n) is 1.91. The molecule has 4 nitrogen and oxygen atoms in total. The average molecular weight is 350 g/mol. The van der Waals surface area contributed by atoms with Gasteiger partial charge in [0.05, 0.1) is 16.5 Å². The summed E-state index contributed by atoms with van der Waals surface area (Å²) in [5, 5.41) is 11.9. The van der Waals surface area contributed by atoms with Gasteiger partial charge in [-0.3, -0.25) is 4.79 Å². The molecule has 0 bridgehead atoms. The zero-order chi connectivity index (χ0) is 16.8. The molecule has 0 saturated carbocycles. The van der Waals surface area contributed by atoms with Crippen molar-refractivity contribution < 1.29 is 14.7 Å². The summed E-state index contributed by atoms with van der Waals surface area (Å²) in [6.45, 7) is 1.79. The predicted molar refractivity (Wildman–Crippen MR) is 94.2 cm³/mol. The quantitative estimate of drug-likeness (QED) is 0.816. The lowest BCUT2D eigenvalue weighted by Gasteiger charge is -2.14. The van der Waals surface area contributed by atoms with Crippen LogP contribution in [-0.4, -0.2) is 22.2 Å². The van der Waals surface area contributed by atoms with Gasteiger partial charge < -0.3 is 10.4 Å². The molecule has 0 radical (unpaired) electrons. The molecule has 2 aromatic rings. The van der Waals surface area contributed by atoms with E-state index in [1.165, 1.54) is 30.0 Å². The van der Waals surface area contributed by atoms with E-state index in [0.29, 0.717) is 10.8 Å². The number of aromatic carboxylic acids is 1. The monoisotopic (exact) mass is 349 g/mol. The van der Waals surface area contributed by atoms with Gasteiger partial charge in [0.1, 0.15) is 0 Å². The number of anilines is 1. The van der Waals surface area contributed by atoms with Crippen LogP contribution in [0.2, 0.25) is 5.02 Å². The number of carboxylic acids is 1. The lowest BCUT2D eigenvalue weighted by Crippen LogP contribution is -2.23. The number of halogens is 1. The molecule has 0 heterocycles. The van der Waals surface area contributed by atoms with Crippen LogP contribution in [0, 0.1) is 0 Å². The Morgan fingerprint density at radius 2 is 1.91 bits per heavy atom. The van der Waals surface area contributed by atoms with Gasteiger partial charge in [0, 0.05) is 10.8 Å². The highest BCUT2D eigenvalue weighted by Crippen LogP contribution is 2.23. The molecule has 1 atom stereocenters. The first-order valence-electron chi connectivity index (χ1n) is 6.96. The van der Waals surface area contributed by atoms with Crippen LogP contribution in [0.4, 0.5) is 5.69 Å². The molecule has 120 valence electrons. The van der Waals surface area contributed by atoms with Crippen molar-refractivity contribution >= 4 is 40.9 Å². The summed E-state index contributed by atoms with van der Waals surface area (Å²) in [6, 6.07) is 14.1. The minimum absolute atomic E-state index is 0.0167. The lowest BCUT2D eigenvalue weighted by molar-refractivity contribution is -0.115. The van der Waals surface area contributed by atoms with E-state index in [-0.39, 0.29) is 22.4 Å². The van der Waals surface area contributed by atoms with Crippen molar-refractivity contribution in [1.29, 1.82) is 0 Å². The molecule has 0 aliphatic heterocycles. The SMILES string of the molecule is CC(SCc1ccccc1)C(=O)Nc1cc(Cl)ccc1C(=O)O. The van der Waals surface area contributed by atoms with Gasteiger partial charge in [0.2, 0.25) is 5.91 Å². The molecule has 6 heteroatoms. The number of benzene rings is 2. The van der Waals surface area contributed by atoms with Crippen LogP contribution >= 0.6 is 23.4 Å². The van der Waals surface area contributed by atoms with Crippen LogP contribution in [0.25, 0.3) is 0 Å². The molecule has 0 spiro atoms. The van der Waals surface area contributed by atoms with E-state index in [1.807, 2.05) is 30.3 Å². The number of carbonyl (C=O) groups excluding carboxylic acids is 1.